The Morgan fingerprint density at radius 3 is 2.67 bits per heavy atom. The number of nitrogens with one attached hydrogen (secondary N) is 1. The van der Waals surface area contributed by atoms with Crippen LogP contribution in [0.4, 0.5) is 5.82 Å². The number of hydrogen-bond donors (Lipinski definition) is 2. The van der Waals surface area contributed by atoms with Gasteiger partial charge in [-0.15, -0.1) is 0 Å². The molecule has 0 unspecified atom stereocenters. The second kappa shape index (κ2) is 4.63. The van der Waals surface area contributed by atoms with Crippen molar-refractivity contribution >= 4 is 11.7 Å². The van der Waals surface area contributed by atoms with Crippen molar-refractivity contribution in [3.05, 3.63) is 40.3 Å². The number of nitro groups is 1. The fraction of sp³-hybridized carbons (Fsp3) is 0.125. The zero-order valence-electron chi connectivity index (χ0n) is 9.05. The van der Waals surface area contributed by atoms with Crippen LogP contribution in [0.1, 0.15) is 10.5 Å². The standard InChI is InChI=1S/C8H9N7O3/c9-10-8(16)6-1-3-13(11-6)5-14-4-2-7(12-14)15(17)18/h1-4H,5,9H2,(H,10,16). The first-order chi connectivity index (χ1) is 8.60. The molecule has 0 aliphatic rings. The van der Waals surface area contributed by atoms with Crippen molar-refractivity contribution in [2.24, 2.45) is 5.84 Å². The maximum atomic E-state index is 11.1. The lowest BCUT2D eigenvalue weighted by atomic mass is 10.4. The summed E-state index contributed by atoms with van der Waals surface area (Å²) in [4.78, 5) is 21.0. The molecule has 2 rings (SSSR count). The molecule has 0 atom stereocenters. The molecular weight excluding hydrogens is 242 g/mol. The van der Waals surface area contributed by atoms with Gasteiger partial charge in [-0.3, -0.25) is 10.2 Å². The van der Waals surface area contributed by atoms with E-state index in [2.05, 4.69) is 10.2 Å². The number of carbonyl (C=O) groups excluding carboxylic acids is 1. The number of nitrogens with zero attached hydrogens (tertiary/aromatic N) is 5. The zero-order valence-corrected chi connectivity index (χ0v) is 9.05. The smallest absolute Gasteiger partial charge is 0.358 e. The summed E-state index contributed by atoms with van der Waals surface area (Å²) in [5, 5.41) is 18.1. The van der Waals surface area contributed by atoms with Crippen molar-refractivity contribution in [1.82, 2.24) is 25.0 Å². The summed E-state index contributed by atoms with van der Waals surface area (Å²) in [6.07, 6.45) is 2.99. The average Bonchev–Trinajstić information content (AvgIpc) is 2.98. The molecule has 0 fully saturated rings. The Kier molecular flexibility index (Phi) is 3.02. The molecule has 0 aromatic carbocycles. The van der Waals surface area contributed by atoms with Gasteiger partial charge in [0.1, 0.15) is 0 Å². The monoisotopic (exact) mass is 251 g/mol. The van der Waals surface area contributed by atoms with Gasteiger partial charge in [-0.05, 0) is 11.0 Å². The third-order valence-electron chi connectivity index (χ3n) is 2.11. The Balaban J connectivity index is 2.11. The fourth-order valence-electron chi connectivity index (χ4n) is 1.31. The van der Waals surface area contributed by atoms with Crippen molar-refractivity contribution in [3.8, 4) is 0 Å². The van der Waals surface area contributed by atoms with E-state index in [4.69, 9.17) is 5.84 Å². The van der Waals surface area contributed by atoms with E-state index >= 15 is 0 Å². The molecule has 2 heterocycles. The van der Waals surface area contributed by atoms with Crippen LogP contribution in [0.25, 0.3) is 0 Å². The van der Waals surface area contributed by atoms with E-state index < -0.39 is 10.8 Å². The fourth-order valence-corrected chi connectivity index (χ4v) is 1.31. The van der Waals surface area contributed by atoms with Crippen LogP contribution in [-0.4, -0.2) is 30.4 Å². The predicted molar refractivity (Wildman–Crippen MR) is 58.2 cm³/mol. The topological polar surface area (TPSA) is 134 Å². The highest BCUT2D eigenvalue weighted by molar-refractivity contribution is 5.91. The first kappa shape index (κ1) is 11.7. The Labute approximate surface area is 100 Å². The molecule has 0 aliphatic heterocycles. The number of amides is 1. The lowest BCUT2D eigenvalue weighted by Crippen LogP contribution is -2.30. The Bertz CT molecular complexity index is 587. The van der Waals surface area contributed by atoms with E-state index in [1.54, 1.807) is 0 Å². The van der Waals surface area contributed by atoms with Gasteiger partial charge in [0.15, 0.2) is 12.4 Å². The van der Waals surface area contributed by atoms with Crippen LogP contribution >= 0.6 is 0 Å². The predicted octanol–water partition coefficient (Wildman–Crippen LogP) is -0.903. The van der Waals surface area contributed by atoms with Gasteiger partial charge in [-0.1, -0.05) is 0 Å². The van der Waals surface area contributed by atoms with E-state index in [9.17, 15) is 14.9 Å². The maximum Gasteiger partial charge on any atom is 0.389 e. The second-order valence-corrected chi connectivity index (χ2v) is 3.33. The molecule has 0 bridgehead atoms. The van der Waals surface area contributed by atoms with E-state index in [0.717, 1.165) is 0 Å². The summed E-state index contributed by atoms with van der Waals surface area (Å²) in [6.45, 7) is 0.158. The molecule has 0 spiro atoms. The van der Waals surface area contributed by atoms with Gasteiger partial charge in [0.2, 0.25) is 0 Å². The third-order valence-corrected chi connectivity index (χ3v) is 2.11. The van der Waals surface area contributed by atoms with Crippen LogP contribution in [0.15, 0.2) is 24.5 Å². The van der Waals surface area contributed by atoms with Gasteiger partial charge in [0.25, 0.3) is 5.91 Å². The minimum atomic E-state index is -0.590. The van der Waals surface area contributed by atoms with Gasteiger partial charge in [-0.25, -0.2) is 10.5 Å². The summed E-state index contributed by atoms with van der Waals surface area (Å²) < 4.78 is 2.73. The Morgan fingerprint density at radius 2 is 2.06 bits per heavy atom. The van der Waals surface area contributed by atoms with Gasteiger partial charge < -0.3 is 10.1 Å². The van der Waals surface area contributed by atoms with E-state index in [-0.39, 0.29) is 18.2 Å². The normalized spacial score (nSPS) is 10.3. The van der Waals surface area contributed by atoms with Crippen LogP contribution in [0.5, 0.6) is 0 Å². The molecular formula is C8H9N7O3. The maximum absolute atomic E-state index is 11.1. The summed E-state index contributed by atoms with van der Waals surface area (Å²) >= 11 is 0. The molecule has 94 valence electrons. The van der Waals surface area contributed by atoms with E-state index in [0.29, 0.717) is 0 Å². The van der Waals surface area contributed by atoms with Crippen molar-refractivity contribution in [1.29, 1.82) is 0 Å². The molecule has 0 saturated carbocycles. The minimum absolute atomic E-state index is 0.152. The number of nitrogen functional groups attached to an aromatic ring is 1. The van der Waals surface area contributed by atoms with Crippen LogP contribution < -0.4 is 11.3 Å². The Hall–Kier alpha value is -2.75. The highest BCUT2D eigenvalue weighted by atomic mass is 16.6. The van der Waals surface area contributed by atoms with Crippen LogP contribution in [0.3, 0.4) is 0 Å². The quantitative estimate of drug-likeness (QED) is 0.313. The number of hydrazine groups is 1. The molecule has 0 saturated heterocycles. The van der Waals surface area contributed by atoms with Gasteiger partial charge in [0, 0.05) is 6.20 Å². The second-order valence-electron chi connectivity index (χ2n) is 3.33. The molecule has 10 heteroatoms. The molecule has 1 amide bonds. The zero-order chi connectivity index (χ0) is 13.1. The molecule has 0 radical (unpaired) electrons. The molecule has 18 heavy (non-hydrogen) atoms. The molecule has 2 aromatic heterocycles. The molecule has 10 nitrogen and oxygen atoms in total. The lowest BCUT2D eigenvalue weighted by molar-refractivity contribution is -0.389. The molecule has 2 aromatic rings. The van der Waals surface area contributed by atoms with E-state index in [1.165, 1.54) is 33.9 Å². The van der Waals surface area contributed by atoms with Gasteiger partial charge in [0.05, 0.1) is 17.4 Å². The largest absolute Gasteiger partial charge is 0.389 e. The van der Waals surface area contributed by atoms with Crippen LogP contribution in [0, 0.1) is 10.1 Å². The first-order valence-electron chi connectivity index (χ1n) is 4.82. The number of rotatable bonds is 4. The number of aromatic nitrogens is 4. The minimum Gasteiger partial charge on any atom is -0.358 e. The first-order valence-corrected chi connectivity index (χ1v) is 4.82. The molecule has 3 N–H and O–H groups in total. The van der Waals surface area contributed by atoms with E-state index in [1.807, 2.05) is 5.43 Å². The summed E-state index contributed by atoms with van der Waals surface area (Å²) in [7, 11) is 0. The van der Waals surface area contributed by atoms with Crippen LogP contribution in [-0.2, 0) is 6.67 Å². The van der Waals surface area contributed by atoms with Gasteiger partial charge >= 0.3 is 5.82 Å². The van der Waals surface area contributed by atoms with Crippen LogP contribution in [0.2, 0.25) is 0 Å². The Morgan fingerprint density at radius 1 is 1.39 bits per heavy atom. The SMILES string of the molecule is NNC(=O)c1ccn(Cn2ccc([N+](=O)[O-])n2)n1. The number of carbonyl (C=O) groups is 1. The van der Waals surface area contributed by atoms with Crippen molar-refractivity contribution in [2.75, 3.05) is 0 Å². The number of hydrogen-bond acceptors (Lipinski definition) is 6. The summed E-state index contributed by atoms with van der Waals surface area (Å²) in [5.41, 5.74) is 2.10. The summed E-state index contributed by atoms with van der Waals surface area (Å²) in [5.74, 6) is 4.20. The molecule has 0 aliphatic carbocycles. The summed E-state index contributed by atoms with van der Waals surface area (Å²) in [6, 6.07) is 2.75. The van der Waals surface area contributed by atoms with Crippen molar-refractivity contribution in [2.45, 2.75) is 6.67 Å². The number of nitrogens with two attached hydrogens (primary N) is 1. The third kappa shape index (κ3) is 2.32. The van der Waals surface area contributed by atoms with Crippen molar-refractivity contribution < 1.29 is 9.72 Å². The van der Waals surface area contributed by atoms with Crippen molar-refractivity contribution in [3.63, 3.8) is 0 Å². The highest BCUT2D eigenvalue weighted by Crippen LogP contribution is 2.05. The van der Waals surface area contributed by atoms with Gasteiger partial charge in [-0.2, -0.15) is 9.78 Å². The highest BCUT2D eigenvalue weighted by Gasteiger charge is 2.12. The average molecular weight is 251 g/mol. The lowest BCUT2D eigenvalue weighted by Gasteiger charge is -1.97.